The van der Waals surface area contributed by atoms with Gasteiger partial charge in [-0.1, -0.05) is 72.8 Å². The van der Waals surface area contributed by atoms with Crippen molar-refractivity contribution in [2.24, 2.45) is 0 Å². The predicted molar refractivity (Wildman–Crippen MR) is 114 cm³/mol. The third-order valence-corrected chi connectivity index (χ3v) is 5.34. The fourth-order valence-electron chi connectivity index (χ4n) is 3.91. The van der Waals surface area contributed by atoms with Crippen LogP contribution in [0.5, 0.6) is 5.75 Å². The highest BCUT2D eigenvalue weighted by molar-refractivity contribution is 5.75. The van der Waals surface area contributed by atoms with E-state index in [4.69, 9.17) is 9.47 Å². The second-order valence-electron chi connectivity index (χ2n) is 7.39. The van der Waals surface area contributed by atoms with Crippen LogP contribution in [0.1, 0.15) is 16.7 Å². The number of benzene rings is 3. The Morgan fingerprint density at radius 1 is 1.00 bits per heavy atom. The number of carbonyl (C=O) groups excluding carboxylic acids is 1. The van der Waals surface area contributed by atoms with Crippen LogP contribution in [0.15, 0.2) is 72.8 Å². The Bertz CT molecular complexity index is 1000. The lowest BCUT2D eigenvalue weighted by Gasteiger charge is -2.24. The zero-order chi connectivity index (χ0) is 20.2. The molecule has 0 aliphatic carbocycles. The van der Waals surface area contributed by atoms with Gasteiger partial charge in [-0.3, -0.25) is 0 Å². The zero-order valence-electron chi connectivity index (χ0n) is 16.8. The Morgan fingerprint density at radius 3 is 2.48 bits per heavy atom. The molecule has 1 atom stereocenters. The third-order valence-electron chi connectivity index (χ3n) is 5.34. The molecule has 1 amide bonds. The number of methoxy groups -OCH3 is 1. The van der Waals surface area contributed by atoms with Crippen LogP contribution in [0.25, 0.3) is 11.1 Å². The van der Waals surface area contributed by atoms with Gasteiger partial charge in [0.25, 0.3) is 0 Å². The van der Waals surface area contributed by atoms with Gasteiger partial charge in [-0.2, -0.15) is 0 Å². The molecule has 0 radical (unpaired) electrons. The molecule has 0 aromatic heterocycles. The molecule has 1 heterocycles. The van der Waals surface area contributed by atoms with Crippen molar-refractivity contribution in [3.05, 3.63) is 89.5 Å². The number of hydrogen-bond donors (Lipinski definition) is 0. The van der Waals surface area contributed by atoms with E-state index in [0.717, 1.165) is 23.3 Å². The van der Waals surface area contributed by atoms with Crippen molar-refractivity contribution in [2.45, 2.75) is 26.0 Å². The zero-order valence-corrected chi connectivity index (χ0v) is 16.8. The molecule has 148 valence electrons. The van der Waals surface area contributed by atoms with Gasteiger partial charge >= 0.3 is 6.09 Å². The van der Waals surface area contributed by atoms with Crippen molar-refractivity contribution in [3.8, 4) is 16.9 Å². The number of ether oxygens (including phenoxy) is 2. The van der Waals surface area contributed by atoms with E-state index in [1.54, 1.807) is 4.90 Å². The normalized spacial score (nSPS) is 14.8. The molecule has 4 rings (SSSR count). The minimum absolute atomic E-state index is 0.0991. The summed E-state index contributed by atoms with van der Waals surface area (Å²) in [6.45, 7) is 3.08. The Hall–Kier alpha value is -3.27. The Balaban J connectivity index is 1.55. The van der Waals surface area contributed by atoms with Crippen molar-refractivity contribution >= 4 is 6.09 Å². The Morgan fingerprint density at radius 2 is 1.72 bits per heavy atom. The molecule has 0 N–H and O–H groups in total. The van der Waals surface area contributed by atoms with E-state index in [1.165, 1.54) is 23.8 Å². The molecule has 3 aromatic carbocycles. The van der Waals surface area contributed by atoms with Gasteiger partial charge in [-0.25, -0.2) is 4.79 Å². The van der Waals surface area contributed by atoms with Crippen molar-refractivity contribution in [2.75, 3.05) is 13.7 Å². The monoisotopic (exact) mass is 387 g/mol. The maximum absolute atomic E-state index is 12.4. The predicted octanol–water partition coefficient (Wildman–Crippen LogP) is 5.23. The molecular weight excluding hydrogens is 362 g/mol. The first-order valence-corrected chi connectivity index (χ1v) is 9.87. The topological polar surface area (TPSA) is 38.8 Å². The first-order chi connectivity index (χ1) is 14.2. The van der Waals surface area contributed by atoms with Gasteiger partial charge < -0.3 is 14.4 Å². The van der Waals surface area contributed by atoms with Crippen molar-refractivity contribution in [1.29, 1.82) is 0 Å². The molecular formula is C25H25NO3. The standard InChI is InChI=1S/C25H25NO3/c1-18-9-6-7-13-22(18)23-14-8-12-20-15-21(29-24(20)23)17-26(25(27)28-2)16-19-10-4-3-5-11-19/h3-14,21H,15-17H2,1-2H3. The minimum Gasteiger partial charge on any atom is -0.487 e. The lowest BCUT2D eigenvalue weighted by molar-refractivity contribution is 0.0974. The number of nitrogens with zero attached hydrogens (tertiary/aromatic N) is 1. The molecule has 1 aliphatic heterocycles. The number of fused-ring (bicyclic) bond motifs is 1. The van der Waals surface area contributed by atoms with Crippen LogP contribution >= 0.6 is 0 Å². The van der Waals surface area contributed by atoms with Gasteiger partial charge in [0.15, 0.2) is 0 Å². The largest absolute Gasteiger partial charge is 0.487 e. The summed E-state index contributed by atoms with van der Waals surface area (Å²) >= 11 is 0. The lowest BCUT2D eigenvalue weighted by Crippen LogP contribution is -2.38. The SMILES string of the molecule is COC(=O)N(Cc1ccccc1)CC1Cc2cccc(-c3ccccc3C)c2O1. The summed E-state index contributed by atoms with van der Waals surface area (Å²) in [5.41, 5.74) is 5.75. The summed E-state index contributed by atoms with van der Waals surface area (Å²) in [5, 5.41) is 0. The van der Waals surface area contributed by atoms with Crippen LogP contribution in [0.2, 0.25) is 0 Å². The number of amides is 1. The van der Waals surface area contributed by atoms with E-state index in [0.29, 0.717) is 13.1 Å². The van der Waals surface area contributed by atoms with Crippen molar-refractivity contribution < 1.29 is 14.3 Å². The highest BCUT2D eigenvalue weighted by atomic mass is 16.5. The molecule has 4 heteroatoms. The van der Waals surface area contributed by atoms with Crippen molar-refractivity contribution in [1.82, 2.24) is 4.90 Å². The summed E-state index contributed by atoms with van der Waals surface area (Å²) in [6, 6.07) is 24.6. The number of para-hydroxylation sites is 1. The van der Waals surface area contributed by atoms with Crippen LogP contribution in [0.3, 0.4) is 0 Å². The smallest absolute Gasteiger partial charge is 0.409 e. The number of aryl methyl sites for hydroxylation is 1. The highest BCUT2D eigenvalue weighted by Crippen LogP contribution is 2.40. The van der Waals surface area contributed by atoms with Crippen LogP contribution in [0.4, 0.5) is 4.79 Å². The van der Waals surface area contributed by atoms with E-state index < -0.39 is 0 Å². The van der Waals surface area contributed by atoms with E-state index in [9.17, 15) is 4.79 Å². The lowest BCUT2D eigenvalue weighted by atomic mass is 9.97. The van der Waals surface area contributed by atoms with E-state index in [-0.39, 0.29) is 12.2 Å². The highest BCUT2D eigenvalue weighted by Gasteiger charge is 2.29. The van der Waals surface area contributed by atoms with Crippen LogP contribution in [-0.2, 0) is 17.7 Å². The first kappa shape index (κ1) is 19.1. The summed E-state index contributed by atoms with van der Waals surface area (Å²) in [6.07, 6.45) is 0.336. The van der Waals surface area contributed by atoms with Gasteiger partial charge in [0.05, 0.1) is 13.7 Å². The second-order valence-corrected chi connectivity index (χ2v) is 7.39. The van der Waals surface area contributed by atoms with Gasteiger partial charge in [0, 0.05) is 18.5 Å². The van der Waals surface area contributed by atoms with E-state index in [2.05, 4.69) is 37.3 Å². The molecule has 0 bridgehead atoms. The van der Waals surface area contributed by atoms with Gasteiger partial charge in [0.1, 0.15) is 11.9 Å². The van der Waals surface area contributed by atoms with Crippen molar-refractivity contribution in [3.63, 3.8) is 0 Å². The van der Waals surface area contributed by atoms with E-state index >= 15 is 0 Å². The Kier molecular flexibility index (Phi) is 5.52. The average Bonchev–Trinajstić information content (AvgIpc) is 3.16. The maximum atomic E-state index is 12.4. The fraction of sp³-hybridized carbons (Fsp3) is 0.240. The fourth-order valence-corrected chi connectivity index (χ4v) is 3.91. The maximum Gasteiger partial charge on any atom is 0.409 e. The summed E-state index contributed by atoms with van der Waals surface area (Å²) in [7, 11) is 1.42. The van der Waals surface area contributed by atoms with Gasteiger partial charge in [-0.15, -0.1) is 0 Å². The van der Waals surface area contributed by atoms with Crippen LogP contribution in [0, 0.1) is 6.92 Å². The molecule has 1 unspecified atom stereocenters. The third kappa shape index (κ3) is 4.11. The summed E-state index contributed by atoms with van der Waals surface area (Å²) in [4.78, 5) is 14.1. The molecule has 3 aromatic rings. The second kappa shape index (κ2) is 8.39. The molecule has 29 heavy (non-hydrogen) atoms. The van der Waals surface area contributed by atoms with E-state index in [1.807, 2.05) is 42.5 Å². The molecule has 0 saturated heterocycles. The quantitative estimate of drug-likeness (QED) is 0.601. The van der Waals surface area contributed by atoms with Crippen LogP contribution < -0.4 is 4.74 Å². The van der Waals surface area contributed by atoms with Gasteiger partial charge in [0.2, 0.25) is 0 Å². The average molecular weight is 387 g/mol. The first-order valence-electron chi connectivity index (χ1n) is 9.87. The van der Waals surface area contributed by atoms with Crippen LogP contribution in [-0.4, -0.2) is 30.8 Å². The summed E-state index contributed by atoms with van der Waals surface area (Å²) < 4.78 is 11.4. The minimum atomic E-state index is -0.340. The molecule has 0 saturated carbocycles. The number of carbonyl (C=O) groups is 1. The molecule has 0 spiro atoms. The molecule has 0 fully saturated rings. The number of rotatable bonds is 5. The molecule has 1 aliphatic rings. The Labute approximate surface area is 171 Å². The van der Waals surface area contributed by atoms with Gasteiger partial charge in [-0.05, 0) is 29.2 Å². The summed E-state index contributed by atoms with van der Waals surface area (Å²) in [5.74, 6) is 0.927. The number of hydrogen-bond acceptors (Lipinski definition) is 3. The molecule has 4 nitrogen and oxygen atoms in total.